The molecule has 0 amide bonds. The molecule has 0 aromatic carbocycles. The van der Waals surface area contributed by atoms with E-state index in [-0.39, 0.29) is 0 Å². The summed E-state index contributed by atoms with van der Waals surface area (Å²) in [6.45, 7) is 2.72. The van der Waals surface area contributed by atoms with Crippen molar-refractivity contribution in [1.29, 1.82) is 0 Å². The lowest BCUT2D eigenvalue weighted by Gasteiger charge is -2.07. The maximum absolute atomic E-state index is 11.5. The number of thiophene rings is 1. The summed E-state index contributed by atoms with van der Waals surface area (Å²) in [6.07, 6.45) is 1.45. The minimum atomic E-state index is -0.463. The molecule has 100 valence electrons. The third-order valence-electron chi connectivity index (χ3n) is 2.58. The molecule has 2 heterocycles. The minimum Gasteiger partial charge on any atom is -0.465 e. The Hall–Kier alpha value is -2.08. The summed E-state index contributed by atoms with van der Waals surface area (Å²) in [6, 6.07) is 5.73. The van der Waals surface area contributed by atoms with Crippen LogP contribution >= 0.6 is 11.3 Å². The van der Waals surface area contributed by atoms with E-state index in [0.29, 0.717) is 23.6 Å². The van der Waals surface area contributed by atoms with Gasteiger partial charge < -0.3 is 15.8 Å². The van der Waals surface area contributed by atoms with Crippen molar-refractivity contribution in [3.63, 3.8) is 0 Å². The van der Waals surface area contributed by atoms with Crippen LogP contribution in [0.1, 0.15) is 20.1 Å². The van der Waals surface area contributed by atoms with Crippen molar-refractivity contribution in [1.82, 2.24) is 4.98 Å². The zero-order chi connectivity index (χ0) is 13.8. The second kappa shape index (κ2) is 5.71. The first-order valence-electron chi connectivity index (χ1n) is 5.73. The number of hydrogen-bond donors (Lipinski definition) is 2. The Balaban J connectivity index is 2.10. The second-order valence-electron chi connectivity index (χ2n) is 4.01. The second-order valence-corrected chi connectivity index (χ2v) is 5.39. The van der Waals surface area contributed by atoms with Gasteiger partial charge in [0.1, 0.15) is 5.82 Å². The first kappa shape index (κ1) is 13.4. The molecule has 0 aliphatic rings. The van der Waals surface area contributed by atoms with E-state index in [1.165, 1.54) is 23.1 Å². The van der Waals surface area contributed by atoms with Gasteiger partial charge in [-0.1, -0.05) is 0 Å². The number of aromatic nitrogens is 1. The van der Waals surface area contributed by atoms with E-state index < -0.39 is 5.97 Å². The van der Waals surface area contributed by atoms with Crippen molar-refractivity contribution in [2.24, 2.45) is 0 Å². The fraction of sp³-hybridized carbons (Fsp3) is 0.231. The molecule has 2 aromatic rings. The molecular weight excluding hydrogens is 262 g/mol. The highest BCUT2D eigenvalue weighted by Gasteiger charge is 2.11. The Morgan fingerprint density at radius 2 is 2.32 bits per heavy atom. The quantitative estimate of drug-likeness (QED) is 0.839. The average Bonchev–Trinajstić information content (AvgIpc) is 2.83. The van der Waals surface area contributed by atoms with Crippen molar-refractivity contribution in [3.05, 3.63) is 39.7 Å². The van der Waals surface area contributed by atoms with Crippen molar-refractivity contribution in [2.75, 3.05) is 18.2 Å². The molecule has 2 aromatic heterocycles. The number of nitrogens with one attached hydrogen (secondary N) is 1. The highest BCUT2D eigenvalue weighted by Crippen LogP contribution is 2.19. The number of ether oxygens (including phenoxy) is 1. The fourth-order valence-electron chi connectivity index (χ4n) is 1.61. The molecule has 5 nitrogen and oxygen atoms in total. The number of carbonyl (C=O) groups excluding carboxylic acids is 1. The van der Waals surface area contributed by atoms with Crippen LogP contribution < -0.4 is 11.1 Å². The molecule has 0 aliphatic heterocycles. The summed E-state index contributed by atoms with van der Waals surface area (Å²) >= 11 is 1.72. The van der Waals surface area contributed by atoms with Crippen LogP contribution in [0.3, 0.4) is 0 Å². The van der Waals surface area contributed by atoms with Crippen LogP contribution in [-0.4, -0.2) is 18.1 Å². The van der Waals surface area contributed by atoms with E-state index in [1.807, 2.05) is 0 Å². The van der Waals surface area contributed by atoms with Gasteiger partial charge in [0.15, 0.2) is 0 Å². The Bertz CT molecular complexity index is 595. The van der Waals surface area contributed by atoms with Crippen molar-refractivity contribution < 1.29 is 9.53 Å². The number of rotatable bonds is 4. The standard InChI is InChI=1S/C13H15N3O2S/c1-8-3-4-9(19-8)6-15-12-5-10(13(17)18-2)11(14)7-16-12/h3-5,7H,6,14H2,1-2H3,(H,15,16). The van der Waals surface area contributed by atoms with Gasteiger partial charge in [-0.05, 0) is 25.1 Å². The number of methoxy groups -OCH3 is 1. The Labute approximate surface area is 115 Å². The van der Waals surface area contributed by atoms with Crippen LogP contribution in [-0.2, 0) is 11.3 Å². The van der Waals surface area contributed by atoms with Gasteiger partial charge in [0.2, 0.25) is 0 Å². The number of pyridine rings is 1. The molecule has 0 saturated carbocycles. The molecule has 0 aliphatic carbocycles. The third-order valence-corrected chi connectivity index (χ3v) is 3.58. The molecule has 0 spiro atoms. The van der Waals surface area contributed by atoms with E-state index >= 15 is 0 Å². The van der Waals surface area contributed by atoms with Crippen LogP contribution in [0.4, 0.5) is 11.5 Å². The monoisotopic (exact) mass is 277 g/mol. The Morgan fingerprint density at radius 1 is 1.53 bits per heavy atom. The number of hydrogen-bond acceptors (Lipinski definition) is 6. The molecule has 2 rings (SSSR count). The number of nitrogens with zero attached hydrogens (tertiary/aromatic N) is 1. The number of carbonyl (C=O) groups is 1. The normalized spacial score (nSPS) is 10.2. The van der Waals surface area contributed by atoms with Gasteiger partial charge >= 0.3 is 5.97 Å². The topological polar surface area (TPSA) is 77.2 Å². The lowest BCUT2D eigenvalue weighted by Crippen LogP contribution is -2.08. The maximum Gasteiger partial charge on any atom is 0.340 e. The molecule has 6 heteroatoms. The largest absolute Gasteiger partial charge is 0.465 e. The third kappa shape index (κ3) is 3.23. The van der Waals surface area contributed by atoms with E-state index in [4.69, 9.17) is 5.73 Å². The van der Waals surface area contributed by atoms with Gasteiger partial charge in [0, 0.05) is 9.75 Å². The van der Waals surface area contributed by atoms with E-state index in [9.17, 15) is 4.79 Å². The zero-order valence-corrected chi connectivity index (χ0v) is 11.6. The first-order valence-corrected chi connectivity index (χ1v) is 6.55. The number of nitrogen functional groups attached to an aromatic ring is 1. The molecule has 0 unspecified atom stereocenters. The number of anilines is 2. The van der Waals surface area contributed by atoms with Crippen LogP contribution in [0, 0.1) is 6.92 Å². The lowest BCUT2D eigenvalue weighted by molar-refractivity contribution is 0.0602. The summed E-state index contributed by atoms with van der Waals surface area (Å²) in [5.74, 6) is 0.135. The van der Waals surface area contributed by atoms with Gasteiger partial charge in [-0.25, -0.2) is 9.78 Å². The van der Waals surface area contributed by atoms with Gasteiger partial charge in [0.25, 0.3) is 0 Å². The number of nitrogens with two attached hydrogens (primary N) is 1. The molecule has 3 N–H and O–H groups in total. The average molecular weight is 277 g/mol. The highest BCUT2D eigenvalue weighted by molar-refractivity contribution is 7.11. The molecule has 0 radical (unpaired) electrons. The maximum atomic E-state index is 11.5. The van der Waals surface area contributed by atoms with Crippen LogP contribution in [0.5, 0.6) is 0 Å². The predicted octanol–water partition coefficient (Wildman–Crippen LogP) is 2.43. The van der Waals surface area contributed by atoms with Gasteiger partial charge in [-0.3, -0.25) is 0 Å². The highest BCUT2D eigenvalue weighted by atomic mass is 32.1. The number of aryl methyl sites for hydroxylation is 1. The molecule has 19 heavy (non-hydrogen) atoms. The van der Waals surface area contributed by atoms with Crippen LogP contribution in [0.15, 0.2) is 24.4 Å². The minimum absolute atomic E-state index is 0.310. The van der Waals surface area contributed by atoms with Gasteiger partial charge in [0.05, 0.1) is 31.1 Å². The molecular formula is C13H15N3O2S. The zero-order valence-electron chi connectivity index (χ0n) is 10.8. The summed E-state index contributed by atoms with van der Waals surface area (Å²) in [7, 11) is 1.32. The van der Waals surface area contributed by atoms with Gasteiger partial charge in [-0.2, -0.15) is 0 Å². The van der Waals surface area contributed by atoms with E-state index in [2.05, 4.69) is 34.1 Å². The SMILES string of the molecule is COC(=O)c1cc(NCc2ccc(C)s2)ncc1N. The predicted molar refractivity (Wildman–Crippen MR) is 76.4 cm³/mol. The fourth-order valence-corrected chi connectivity index (χ4v) is 2.44. The lowest BCUT2D eigenvalue weighted by atomic mass is 10.2. The van der Waals surface area contributed by atoms with Crippen LogP contribution in [0.25, 0.3) is 0 Å². The molecule has 0 saturated heterocycles. The Kier molecular flexibility index (Phi) is 4.01. The number of esters is 1. The van der Waals surface area contributed by atoms with Crippen molar-refractivity contribution >= 4 is 28.8 Å². The van der Waals surface area contributed by atoms with E-state index in [0.717, 1.165) is 0 Å². The summed E-state index contributed by atoms with van der Waals surface area (Å²) < 4.78 is 4.67. The molecule has 0 fully saturated rings. The van der Waals surface area contributed by atoms with Gasteiger partial charge in [-0.15, -0.1) is 11.3 Å². The molecule has 0 atom stereocenters. The van der Waals surface area contributed by atoms with E-state index in [1.54, 1.807) is 17.4 Å². The Morgan fingerprint density at radius 3 is 2.95 bits per heavy atom. The summed E-state index contributed by atoms with van der Waals surface area (Å²) in [5, 5.41) is 3.16. The summed E-state index contributed by atoms with van der Waals surface area (Å²) in [5.41, 5.74) is 6.32. The van der Waals surface area contributed by atoms with Crippen molar-refractivity contribution in [2.45, 2.75) is 13.5 Å². The first-order chi connectivity index (χ1) is 9.10. The van der Waals surface area contributed by atoms with Crippen LogP contribution in [0.2, 0.25) is 0 Å². The molecule has 0 bridgehead atoms. The summed E-state index contributed by atoms with van der Waals surface area (Å²) in [4.78, 5) is 18.1. The van der Waals surface area contributed by atoms with Crippen molar-refractivity contribution in [3.8, 4) is 0 Å². The smallest absolute Gasteiger partial charge is 0.340 e.